The molecular weight excluding hydrogens is 586 g/mol. The van der Waals surface area contributed by atoms with Crippen LogP contribution in [0.1, 0.15) is 43.7 Å². The first-order valence-electron chi connectivity index (χ1n) is 11.5. The average Bonchev–Trinajstić information content (AvgIpc) is 3.11. The maximum Gasteiger partial charge on any atom is 0.305 e. The number of methoxy groups -OCH3 is 1. The Morgan fingerprint density at radius 3 is 2.64 bits per heavy atom. The molecule has 0 radical (unpaired) electrons. The van der Waals surface area contributed by atoms with E-state index in [-0.39, 0.29) is 11.9 Å². The van der Waals surface area contributed by atoms with Gasteiger partial charge in [-0.1, -0.05) is 54.1 Å². The predicted molar refractivity (Wildman–Crippen MR) is 151 cm³/mol. The summed E-state index contributed by atoms with van der Waals surface area (Å²) in [6.07, 6.45) is 4.50. The van der Waals surface area contributed by atoms with E-state index in [4.69, 9.17) is 38.0 Å². The molecule has 0 atom stereocenters. The van der Waals surface area contributed by atoms with Crippen molar-refractivity contribution in [3.8, 4) is 11.5 Å². The van der Waals surface area contributed by atoms with Gasteiger partial charge in [0, 0.05) is 18.0 Å². The van der Waals surface area contributed by atoms with Crippen molar-refractivity contribution in [1.29, 1.82) is 0 Å². The van der Waals surface area contributed by atoms with Crippen molar-refractivity contribution in [2.45, 2.75) is 39.2 Å². The topological polar surface area (TPSA) is 65.1 Å². The molecule has 1 aliphatic heterocycles. The minimum absolute atomic E-state index is 0.117. The summed E-state index contributed by atoms with van der Waals surface area (Å²) in [5, 5.41) is 0.668. The van der Waals surface area contributed by atoms with Crippen LogP contribution in [-0.4, -0.2) is 41.4 Å². The molecule has 1 amide bonds. The Morgan fingerprint density at radius 2 is 1.94 bits per heavy atom. The van der Waals surface area contributed by atoms with Crippen LogP contribution in [0.25, 0.3) is 6.08 Å². The molecular formula is C26H27BrClNO5S2. The molecule has 2 aromatic carbocycles. The Labute approximate surface area is 234 Å². The van der Waals surface area contributed by atoms with Gasteiger partial charge in [-0.3, -0.25) is 14.5 Å². The Balaban J connectivity index is 1.62. The molecule has 1 aliphatic rings. The van der Waals surface area contributed by atoms with Crippen molar-refractivity contribution >= 4 is 73.8 Å². The van der Waals surface area contributed by atoms with E-state index >= 15 is 0 Å². The first kappa shape index (κ1) is 28.5. The first-order valence-corrected chi connectivity index (χ1v) is 13.9. The lowest BCUT2D eigenvalue weighted by atomic mass is 10.1. The Bertz CT molecular complexity index is 1140. The van der Waals surface area contributed by atoms with Gasteiger partial charge in [0.2, 0.25) is 0 Å². The van der Waals surface area contributed by atoms with E-state index in [1.807, 2.05) is 36.4 Å². The molecule has 36 heavy (non-hydrogen) atoms. The fourth-order valence-electron chi connectivity index (χ4n) is 3.49. The normalized spacial score (nSPS) is 14.4. The molecule has 10 heteroatoms. The zero-order valence-electron chi connectivity index (χ0n) is 20.1. The van der Waals surface area contributed by atoms with Crippen LogP contribution < -0.4 is 9.47 Å². The second-order valence-electron chi connectivity index (χ2n) is 7.90. The number of thioether (sulfide) groups is 1. The average molecular weight is 613 g/mol. The number of esters is 1. The highest BCUT2D eigenvalue weighted by atomic mass is 79.9. The van der Waals surface area contributed by atoms with Gasteiger partial charge in [0.15, 0.2) is 11.5 Å². The van der Waals surface area contributed by atoms with Crippen molar-refractivity contribution in [3.63, 3.8) is 0 Å². The minimum atomic E-state index is -0.186. The van der Waals surface area contributed by atoms with Gasteiger partial charge in [0.25, 0.3) is 5.91 Å². The Kier molecular flexibility index (Phi) is 11.1. The summed E-state index contributed by atoms with van der Waals surface area (Å²) in [5.41, 5.74) is 1.76. The molecule has 3 rings (SSSR count). The smallest absolute Gasteiger partial charge is 0.305 e. The highest BCUT2D eigenvalue weighted by Gasteiger charge is 2.31. The molecule has 1 saturated heterocycles. The van der Waals surface area contributed by atoms with Gasteiger partial charge in [-0.15, -0.1) is 0 Å². The van der Waals surface area contributed by atoms with Crippen molar-refractivity contribution < 1.29 is 23.8 Å². The van der Waals surface area contributed by atoms with Crippen LogP contribution in [0.2, 0.25) is 5.02 Å². The van der Waals surface area contributed by atoms with E-state index in [1.54, 1.807) is 25.0 Å². The highest BCUT2D eigenvalue weighted by Crippen LogP contribution is 2.39. The number of nitrogens with zero attached hydrogens (tertiary/aromatic N) is 1. The number of halogens is 2. The Hall–Kier alpha value is -2.07. The second-order valence-corrected chi connectivity index (χ2v) is 10.9. The maximum absolute atomic E-state index is 13.0. The largest absolute Gasteiger partial charge is 0.493 e. The monoisotopic (exact) mass is 611 g/mol. The highest BCUT2D eigenvalue weighted by molar-refractivity contribution is 9.10. The molecule has 0 spiro atoms. The number of rotatable bonds is 12. The lowest BCUT2D eigenvalue weighted by Gasteiger charge is -2.14. The standard InChI is InChI=1S/C26H27BrClNO5S2/c1-3-33-23(30)7-5-4-6-12-29-25(31)22(36-26(29)35)15-18-13-20(27)24(21(14-18)32-2)34-16-17-8-10-19(28)11-9-17/h8-11,13-15H,3-7,12,16H2,1-2H3/b22-15-. The van der Waals surface area contributed by atoms with Gasteiger partial charge in [-0.2, -0.15) is 0 Å². The number of ether oxygens (including phenoxy) is 3. The van der Waals surface area contributed by atoms with Crippen molar-refractivity contribution in [3.05, 3.63) is 61.9 Å². The van der Waals surface area contributed by atoms with Crippen LogP contribution in [0.3, 0.4) is 0 Å². The molecule has 192 valence electrons. The third kappa shape index (κ3) is 7.96. The number of carbonyl (C=O) groups is 2. The number of carbonyl (C=O) groups excluding carboxylic acids is 2. The molecule has 0 bridgehead atoms. The van der Waals surface area contributed by atoms with Gasteiger partial charge in [0.1, 0.15) is 10.9 Å². The van der Waals surface area contributed by atoms with Gasteiger partial charge in [0.05, 0.1) is 23.1 Å². The van der Waals surface area contributed by atoms with Crippen LogP contribution in [0.15, 0.2) is 45.8 Å². The third-order valence-corrected chi connectivity index (χ3v) is 7.51. The fraction of sp³-hybridized carbons (Fsp3) is 0.346. The lowest BCUT2D eigenvalue weighted by molar-refractivity contribution is -0.143. The van der Waals surface area contributed by atoms with Crippen molar-refractivity contribution in [2.75, 3.05) is 20.3 Å². The number of hydrogen-bond donors (Lipinski definition) is 0. The second kappa shape index (κ2) is 14.0. The van der Waals surface area contributed by atoms with Crippen LogP contribution in [0.4, 0.5) is 0 Å². The minimum Gasteiger partial charge on any atom is -0.493 e. The molecule has 0 unspecified atom stereocenters. The van der Waals surface area contributed by atoms with E-state index < -0.39 is 0 Å². The first-order chi connectivity index (χ1) is 17.3. The SMILES string of the molecule is CCOC(=O)CCCCCN1C(=O)/C(=C/c2cc(Br)c(OCc3ccc(Cl)cc3)c(OC)c2)SC1=S. The molecule has 0 aromatic heterocycles. The van der Waals surface area contributed by atoms with Gasteiger partial charge < -0.3 is 14.2 Å². The Morgan fingerprint density at radius 1 is 1.19 bits per heavy atom. The molecule has 1 fully saturated rings. The number of hydrogen-bond acceptors (Lipinski definition) is 7. The molecule has 1 heterocycles. The summed E-state index contributed by atoms with van der Waals surface area (Å²) in [5.74, 6) is 0.809. The maximum atomic E-state index is 13.0. The fourth-order valence-corrected chi connectivity index (χ4v) is 5.50. The number of thiocarbonyl (C=S) groups is 1. The molecule has 0 saturated carbocycles. The zero-order valence-corrected chi connectivity index (χ0v) is 24.0. The molecule has 2 aromatic rings. The molecule has 0 N–H and O–H groups in total. The van der Waals surface area contributed by atoms with E-state index in [0.29, 0.717) is 56.4 Å². The van der Waals surface area contributed by atoms with Crippen molar-refractivity contribution in [1.82, 2.24) is 4.90 Å². The summed E-state index contributed by atoms with van der Waals surface area (Å²) in [7, 11) is 1.57. The third-order valence-electron chi connectivity index (χ3n) is 5.29. The van der Waals surface area contributed by atoms with Crippen LogP contribution in [-0.2, 0) is 20.9 Å². The van der Waals surface area contributed by atoms with Gasteiger partial charge in [-0.05, 0) is 77.2 Å². The number of amides is 1. The van der Waals surface area contributed by atoms with Gasteiger partial charge >= 0.3 is 5.97 Å². The number of benzene rings is 2. The van der Waals surface area contributed by atoms with E-state index in [9.17, 15) is 9.59 Å². The van der Waals surface area contributed by atoms with Crippen LogP contribution in [0.5, 0.6) is 11.5 Å². The van der Waals surface area contributed by atoms with E-state index in [1.165, 1.54) is 11.8 Å². The summed E-state index contributed by atoms with van der Waals surface area (Å²) >= 11 is 16.2. The summed E-state index contributed by atoms with van der Waals surface area (Å²) < 4.78 is 17.7. The number of unbranched alkanes of at least 4 members (excludes halogenated alkanes) is 2. The quantitative estimate of drug-likeness (QED) is 0.111. The zero-order chi connectivity index (χ0) is 26.1. The lowest BCUT2D eigenvalue weighted by Crippen LogP contribution is -2.29. The molecule has 0 aliphatic carbocycles. The summed E-state index contributed by atoms with van der Waals surface area (Å²) in [6, 6.07) is 11.1. The summed E-state index contributed by atoms with van der Waals surface area (Å²) in [6.45, 7) is 3.06. The summed E-state index contributed by atoms with van der Waals surface area (Å²) in [4.78, 5) is 26.6. The van der Waals surface area contributed by atoms with E-state index in [2.05, 4.69) is 15.9 Å². The van der Waals surface area contributed by atoms with Crippen molar-refractivity contribution in [2.24, 2.45) is 0 Å². The van der Waals surface area contributed by atoms with Crippen LogP contribution in [0, 0.1) is 0 Å². The molecule has 6 nitrogen and oxygen atoms in total. The van der Waals surface area contributed by atoms with E-state index in [0.717, 1.165) is 30.4 Å². The van der Waals surface area contributed by atoms with Gasteiger partial charge in [-0.25, -0.2) is 0 Å². The van der Waals surface area contributed by atoms with Crippen LogP contribution >= 0.6 is 51.5 Å². The predicted octanol–water partition coefficient (Wildman–Crippen LogP) is 7.01.